The monoisotopic (exact) mass is 614 g/mol. The summed E-state index contributed by atoms with van der Waals surface area (Å²) in [7, 11) is 0. The maximum absolute atomic E-state index is 2.42. The minimum atomic E-state index is -0.0674. The van der Waals surface area contributed by atoms with Gasteiger partial charge in [0.25, 0.3) is 0 Å². The zero-order chi connectivity index (χ0) is 32.6. The Morgan fingerprint density at radius 3 is 0.750 bits per heavy atom. The van der Waals surface area contributed by atoms with Gasteiger partial charge in [-0.2, -0.15) is 0 Å². The number of hydrogen-bond donors (Lipinski definition) is 0. The summed E-state index contributed by atoms with van der Waals surface area (Å²) in [6, 6.07) is 58.7. The topological polar surface area (TPSA) is 0 Å². The van der Waals surface area contributed by atoms with Crippen LogP contribution in [0.1, 0.15) is 49.9 Å². The Morgan fingerprint density at radius 1 is 0.250 bits per heavy atom. The van der Waals surface area contributed by atoms with Gasteiger partial charge in [0.1, 0.15) is 0 Å². The quantitative estimate of drug-likeness (QED) is 0.185. The molecule has 0 bridgehead atoms. The van der Waals surface area contributed by atoms with Crippen molar-refractivity contribution in [3.05, 3.63) is 180 Å². The fourth-order valence-electron chi connectivity index (χ4n) is 8.31. The summed E-state index contributed by atoms with van der Waals surface area (Å²) in [5.41, 5.74) is 21.0. The second-order valence-electron chi connectivity index (χ2n) is 14.6. The summed E-state index contributed by atoms with van der Waals surface area (Å²) in [5, 5.41) is 0. The van der Waals surface area contributed by atoms with Gasteiger partial charge in [-0.15, -0.1) is 0 Å². The minimum Gasteiger partial charge on any atom is -0.0622 e. The van der Waals surface area contributed by atoms with Gasteiger partial charge in [-0.05, 0) is 113 Å². The Balaban J connectivity index is 1.01. The van der Waals surface area contributed by atoms with Crippen molar-refractivity contribution in [3.63, 3.8) is 0 Å². The Bertz CT molecular complexity index is 2180. The molecule has 0 unspecified atom stereocenters. The Hall–Kier alpha value is -5.46. The largest absolute Gasteiger partial charge is 0.0622 e. The van der Waals surface area contributed by atoms with Gasteiger partial charge in [-0.3, -0.25) is 0 Å². The Kier molecular flexibility index (Phi) is 6.30. The van der Waals surface area contributed by atoms with Crippen molar-refractivity contribution in [2.75, 3.05) is 0 Å². The molecule has 9 rings (SSSR count). The van der Waals surface area contributed by atoms with E-state index in [9.17, 15) is 0 Å². The highest BCUT2D eigenvalue weighted by atomic mass is 14.4. The van der Waals surface area contributed by atoms with E-state index in [1.54, 1.807) is 0 Å². The zero-order valence-corrected chi connectivity index (χ0v) is 28.0. The molecular formula is C48H38. The summed E-state index contributed by atoms with van der Waals surface area (Å²) in [4.78, 5) is 0. The molecule has 0 nitrogen and oxygen atoms in total. The van der Waals surface area contributed by atoms with Crippen molar-refractivity contribution >= 4 is 0 Å². The van der Waals surface area contributed by atoms with Crippen LogP contribution in [-0.2, 0) is 10.8 Å². The molecule has 2 aliphatic rings. The fraction of sp³-hybridized carbons (Fsp3) is 0.125. The number of fused-ring (bicyclic) bond motifs is 6. The van der Waals surface area contributed by atoms with E-state index in [0.717, 1.165) is 0 Å². The van der Waals surface area contributed by atoms with Crippen molar-refractivity contribution in [2.24, 2.45) is 0 Å². The summed E-state index contributed by atoms with van der Waals surface area (Å²) in [5.74, 6) is 0. The molecule has 0 spiro atoms. The smallest absolute Gasteiger partial charge is 0.0159 e. The average molecular weight is 615 g/mol. The molecule has 0 atom stereocenters. The lowest BCUT2D eigenvalue weighted by Crippen LogP contribution is -2.15. The molecule has 0 saturated heterocycles. The number of rotatable bonds is 4. The first-order chi connectivity index (χ1) is 23.3. The second-order valence-corrected chi connectivity index (χ2v) is 14.6. The van der Waals surface area contributed by atoms with Crippen molar-refractivity contribution in [3.8, 4) is 66.8 Å². The van der Waals surface area contributed by atoms with E-state index in [1.165, 1.54) is 89.0 Å². The minimum absolute atomic E-state index is 0.0674. The van der Waals surface area contributed by atoms with Gasteiger partial charge in [0, 0.05) is 10.8 Å². The first-order valence-corrected chi connectivity index (χ1v) is 17.1. The van der Waals surface area contributed by atoms with Crippen molar-refractivity contribution in [1.29, 1.82) is 0 Å². The highest BCUT2D eigenvalue weighted by molar-refractivity contribution is 5.88. The average Bonchev–Trinajstić information content (AvgIpc) is 3.50. The van der Waals surface area contributed by atoms with E-state index in [-0.39, 0.29) is 10.8 Å². The molecule has 0 radical (unpaired) electrons. The first-order valence-electron chi connectivity index (χ1n) is 17.1. The molecule has 0 heterocycles. The summed E-state index contributed by atoms with van der Waals surface area (Å²) in [6.45, 7) is 9.48. The molecule has 0 N–H and O–H groups in total. The fourth-order valence-corrected chi connectivity index (χ4v) is 8.31. The van der Waals surface area contributed by atoms with Gasteiger partial charge >= 0.3 is 0 Å². The molecular weight excluding hydrogens is 577 g/mol. The molecule has 7 aromatic carbocycles. The molecule has 0 fully saturated rings. The maximum Gasteiger partial charge on any atom is 0.0159 e. The zero-order valence-electron chi connectivity index (χ0n) is 28.0. The standard InChI is InChI=1S/C48H38/c1-47(2)43-27-35(31-11-7-5-8-12-31)19-23-39(43)41-25-21-37(29-45(41)47)33-15-17-34(18-16-33)38-22-26-42-40-24-20-36(32-13-9-6-10-14-32)28-44(40)48(3,4)46(42)30-38/h5-30H,1-4H3. The predicted octanol–water partition coefficient (Wildman–Crippen LogP) is 13.0. The summed E-state index contributed by atoms with van der Waals surface area (Å²) >= 11 is 0. The van der Waals surface area contributed by atoms with Gasteiger partial charge in [0.05, 0.1) is 0 Å². The highest BCUT2D eigenvalue weighted by Gasteiger charge is 2.37. The van der Waals surface area contributed by atoms with E-state index in [4.69, 9.17) is 0 Å². The van der Waals surface area contributed by atoms with Crippen LogP contribution >= 0.6 is 0 Å². The molecule has 0 aromatic heterocycles. The maximum atomic E-state index is 2.42. The van der Waals surface area contributed by atoms with Crippen LogP contribution in [0.2, 0.25) is 0 Å². The molecule has 7 aromatic rings. The Morgan fingerprint density at radius 2 is 0.479 bits per heavy atom. The molecule has 230 valence electrons. The van der Waals surface area contributed by atoms with Gasteiger partial charge in [0.2, 0.25) is 0 Å². The lowest BCUT2D eigenvalue weighted by Gasteiger charge is -2.23. The van der Waals surface area contributed by atoms with Crippen LogP contribution in [-0.4, -0.2) is 0 Å². The Labute approximate surface area is 284 Å². The molecule has 0 amide bonds. The van der Waals surface area contributed by atoms with Crippen LogP contribution < -0.4 is 0 Å². The van der Waals surface area contributed by atoms with Crippen LogP contribution in [0.4, 0.5) is 0 Å². The van der Waals surface area contributed by atoms with Gasteiger partial charge < -0.3 is 0 Å². The number of hydrogen-bond acceptors (Lipinski definition) is 0. The lowest BCUT2D eigenvalue weighted by atomic mass is 9.80. The van der Waals surface area contributed by atoms with Crippen molar-refractivity contribution < 1.29 is 0 Å². The summed E-state index contributed by atoms with van der Waals surface area (Å²) < 4.78 is 0. The van der Waals surface area contributed by atoms with Crippen LogP contribution in [0, 0.1) is 0 Å². The van der Waals surface area contributed by atoms with Gasteiger partial charge in [-0.1, -0.05) is 161 Å². The van der Waals surface area contributed by atoms with Crippen LogP contribution in [0.5, 0.6) is 0 Å². The number of benzene rings is 7. The SMILES string of the molecule is CC1(C)c2cc(-c3ccccc3)ccc2-c2ccc(-c3ccc(-c4ccc5c(c4)C(C)(C)c4cc(-c6ccccc6)ccc4-5)cc3)cc21. The third-order valence-electron chi connectivity index (χ3n) is 11.1. The lowest BCUT2D eigenvalue weighted by molar-refractivity contribution is 0.660. The molecule has 48 heavy (non-hydrogen) atoms. The van der Waals surface area contributed by atoms with E-state index in [2.05, 4.69) is 185 Å². The van der Waals surface area contributed by atoms with Crippen molar-refractivity contribution in [1.82, 2.24) is 0 Å². The van der Waals surface area contributed by atoms with Crippen LogP contribution in [0.25, 0.3) is 66.8 Å². The third-order valence-corrected chi connectivity index (χ3v) is 11.1. The molecule has 2 aliphatic carbocycles. The predicted molar refractivity (Wildman–Crippen MR) is 203 cm³/mol. The van der Waals surface area contributed by atoms with Gasteiger partial charge in [-0.25, -0.2) is 0 Å². The van der Waals surface area contributed by atoms with E-state index < -0.39 is 0 Å². The van der Waals surface area contributed by atoms with Crippen molar-refractivity contribution in [2.45, 2.75) is 38.5 Å². The van der Waals surface area contributed by atoms with E-state index >= 15 is 0 Å². The molecule has 0 heteroatoms. The second kappa shape index (κ2) is 10.5. The first kappa shape index (κ1) is 28.7. The van der Waals surface area contributed by atoms with Gasteiger partial charge in [0.15, 0.2) is 0 Å². The molecule has 0 saturated carbocycles. The highest BCUT2D eigenvalue weighted by Crippen LogP contribution is 2.52. The van der Waals surface area contributed by atoms with Crippen LogP contribution in [0.3, 0.4) is 0 Å². The third kappa shape index (κ3) is 4.36. The van der Waals surface area contributed by atoms with E-state index in [0.29, 0.717) is 0 Å². The van der Waals surface area contributed by atoms with Crippen LogP contribution in [0.15, 0.2) is 158 Å². The van der Waals surface area contributed by atoms with E-state index in [1.807, 2.05) is 0 Å². The summed E-state index contributed by atoms with van der Waals surface area (Å²) in [6.07, 6.45) is 0. The molecule has 0 aliphatic heterocycles. The normalized spacial score (nSPS) is 14.6.